The van der Waals surface area contributed by atoms with Gasteiger partial charge >= 0.3 is 5.97 Å². The molecule has 1 heterocycles. The van der Waals surface area contributed by atoms with E-state index in [0.717, 1.165) is 18.2 Å². The molecule has 0 radical (unpaired) electrons. The maximum Gasteiger partial charge on any atom is 0.325 e. The molecule has 5 nitrogen and oxygen atoms in total. The highest BCUT2D eigenvalue weighted by atomic mass is 32.2. The molecule has 100 valence electrons. The number of hydrogen-bond acceptors (Lipinski definition) is 3. The summed E-state index contributed by atoms with van der Waals surface area (Å²) in [7, 11) is -4.11. The van der Waals surface area contributed by atoms with E-state index in [-0.39, 0.29) is 13.1 Å². The Morgan fingerprint density at radius 3 is 2.06 bits per heavy atom. The van der Waals surface area contributed by atoms with Crippen LogP contribution >= 0.6 is 0 Å². The molecule has 0 aromatic rings. The van der Waals surface area contributed by atoms with Gasteiger partial charge in [-0.1, -0.05) is 0 Å². The first-order valence-electron chi connectivity index (χ1n) is 5.12. The SMILES string of the molecule is CC(C)(C(=O)O)S(=O)(=O)N1CCC(F)(F)CC1. The molecule has 0 aromatic heterocycles. The second-order valence-corrected chi connectivity index (χ2v) is 7.06. The molecule has 0 amide bonds. The van der Waals surface area contributed by atoms with Crippen LogP contribution in [0.3, 0.4) is 0 Å². The van der Waals surface area contributed by atoms with E-state index in [9.17, 15) is 22.0 Å². The summed E-state index contributed by atoms with van der Waals surface area (Å²) in [6, 6.07) is 0. The van der Waals surface area contributed by atoms with Crippen LogP contribution in [0.2, 0.25) is 0 Å². The van der Waals surface area contributed by atoms with Crippen LogP contribution in [0.4, 0.5) is 8.78 Å². The Labute approximate surface area is 98.5 Å². The van der Waals surface area contributed by atoms with Gasteiger partial charge in [-0.05, 0) is 13.8 Å². The van der Waals surface area contributed by atoms with Crippen LogP contribution in [0.1, 0.15) is 26.7 Å². The molecule has 0 spiro atoms. The van der Waals surface area contributed by atoms with E-state index in [1.165, 1.54) is 0 Å². The minimum absolute atomic E-state index is 0.341. The summed E-state index contributed by atoms with van der Waals surface area (Å²) in [5, 5.41) is 8.86. The number of hydrogen-bond donors (Lipinski definition) is 1. The van der Waals surface area contributed by atoms with Crippen molar-refractivity contribution in [2.24, 2.45) is 0 Å². The van der Waals surface area contributed by atoms with Crippen LogP contribution in [0, 0.1) is 0 Å². The van der Waals surface area contributed by atoms with Gasteiger partial charge < -0.3 is 5.11 Å². The fourth-order valence-corrected chi connectivity index (χ4v) is 3.02. The van der Waals surface area contributed by atoms with E-state index in [0.29, 0.717) is 0 Å². The van der Waals surface area contributed by atoms with E-state index < -0.39 is 39.5 Å². The highest BCUT2D eigenvalue weighted by Crippen LogP contribution is 2.32. The quantitative estimate of drug-likeness (QED) is 0.828. The molecule has 8 heteroatoms. The number of carboxylic acids is 1. The Hall–Kier alpha value is -0.760. The summed E-state index contributed by atoms with van der Waals surface area (Å²) < 4.78 is 48.5. The molecular weight excluding hydrogens is 256 g/mol. The second-order valence-electron chi connectivity index (χ2n) is 4.58. The molecule has 0 aromatic carbocycles. The van der Waals surface area contributed by atoms with E-state index in [1.807, 2.05) is 0 Å². The smallest absolute Gasteiger partial charge is 0.325 e. The summed E-state index contributed by atoms with van der Waals surface area (Å²) in [6.45, 7) is 1.42. The van der Waals surface area contributed by atoms with E-state index in [2.05, 4.69) is 0 Å². The van der Waals surface area contributed by atoms with Crippen LogP contribution in [-0.4, -0.2) is 47.6 Å². The van der Waals surface area contributed by atoms with Gasteiger partial charge in [0.05, 0.1) is 0 Å². The molecule has 1 saturated heterocycles. The molecule has 1 aliphatic rings. The van der Waals surface area contributed by atoms with Gasteiger partial charge in [-0.2, -0.15) is 0 Å². The third kappa shape index (κ3) is 2.57. The predicted molar refractivity (Wildman–Crippen MR) is 56.4 cm³/mol. The summed E-state index contributed by atoms with van der Waals surface area (Å²) >= 11 is 0. The highest BCUT2D eigenvalue weighted by Gasteiger charge is 2.48. The van der Waals surface area contributed by atoms with Crippen molar-refractivity contribution in [3.8, 4) is 0 Å². The molecule has 0 aliphatic carbocycles. The van der Waals surface area contributed by atoms with Crippen LogP contribution in [0.25, 0.3) is 0 Å². The number of rotatable bonds is 3. The fraction of sp³-hybridized carbons (Fsp3) is 0.889. The third-order valence-corrected chi connectivity index (χ3v) is 5.46. The van der Waals surface area contributed by atoms with Crippen LogP contribution in [0.5, 0.6) is 0 Å². The number of sulfonamides is 1. The van der Waals surface area contributed by atoms with Gasteiger partial charge in [-0.15, -0.1) is 0 Å². The minimum Gasteiger partial charge on any atom is -0.480 e. The molecule has 0 unspecified atom stereocenters. The van der Waals surface area contributed by atoms with Crippen molar-refractivity contribution in [2.75, 3.05) is 13.1 Å². The molecule has 1 N–H and O–H groups in total. The topological polar surface area (TPSA) is 74.7 Å². The lowest BCUT2D eigenvalue weighted by Gasteiger charge is -2.34. The van der Waals surface area contributed by atoms with E-state index in [4.69, 9.17) is 5.11 Å². The summed E-state index contributed by atoms with van der Waals surface area (Å²) in [6.07, 6.45) is -1.14. The van der Waals surface area contributed by atoms with Gasteiger partial charge in [-0.3, -0.25) is 4.79 Å². The van der Waals surface area contributed by atoms with Gasteiger partial charge in [0.1, 0.15) is 0 Å². The zero-order chi connectivity index (χ0) is 13.5. The van der Waals surface area contributed by atoms with Crippen molar-refractivity contribution >= 4 is 16.0 Å². The first-order chi connectivity index (χ1) is 7.51. The standard InChI is InChI=1S/C9H15F2NO4S/c1-8(2,7(13)14)17(15,16)12-5-3-9(10,11)4-6-12/h3-6H2,1-2H3,(H,13,14). The third-order valence-electron chi connectivity index (χ3n) is 2.95. The zero-order valence-corrected chi connectivity index (χ0v) is 10.4. The lowest BCUT2D eigenvalue weighted by atomic mass is 10.1. The van der Waals surface area contributed by atoms with Crippen LogP contribution in [0.15, 0.2) is 0 Å². The largest absolute Gasteiger partial charge is 0.480 e. The lowest BCUT2D eigenvalue weighted by molar-refractivity contribution is -0.139. The maximum atomic E-state index is 12.9. The molecule has 1 aliphatic heterocycles. The van der Waals surface area contributed by atoms with Crippen LogP contribution in [-0.2, 0) is 14.8 Å². The lowest BCUT2D eigenvalue weighted by Crippen LogP contribution is -2.53. The van der Waals surface area contributed by atoms with Gasteiger partial charge in [-0.25, -0.2) is 21.5 Å². The average Bonchev–Trinajstić information content (AvgIpc) is 2.16. The molecule has 0 bridgehead atoms. The Morgan fingerprint density at radius 1 is 1.29 bits per heavy atom. The summed E-state index contributed by atoms with van der Waals surface area (Å²) in [4.78, 5) is 10.9. The van der Waals surface area contributed by atoms with Gasteiger partial charge in [0.2, 0.25) is 10.0 Å². The Kier molecular flexibility index (Phi) is 3.50. The average molecular weight is 271 g/mol. The molecule has 1 rings (SSSR count). The first kappa shape index (κ1) is 14.3. The Morgan fingerprint density at radius 2 is 1.71 bits per heavy atom. The second kappa shape index (κ2) is 4.16. The van der Waals surface area contributed by atoms with E-state index >= 15 is 0 Å². The number of alkyl halides is 2. The first-order valence-corrected chi connectivity index (χ1v) is 6.56. The number of piperidine rings is 1. The van der Waals surface area contributed by atoms with Crippen molar-refractivity contribution in [1.82, 2.24) is 4.31 Å². The van der Waals surface area contributed by atoms with Crippen molar-refractivity contribution in [2.45, 2.75) is 37.4 Å². The van der Waals surface area contributed by atoms with Crippen LogP contribution < -0.4 is 0 Å². The number of carbonyl (C=O) groups is 1. The van der Waals surface area contributed by atoms with Crippen molar-refractivity contribution in [1.29, 1.82) is 0 Å². The number of carboxylic acid groups (broad SMARTS) is 1. The molecule has 0 saturated carbocycles. The normalized spacial score (nSPS) is 22.4. The monoisotopic (exact) mass is 271 g/mol. The number of aliphatic carboxylic acids is 1. The zero-order valence-electron chi connectivity index (χ0n) is 9.61. The summed E-state index contributed by atoms with van der Waals surface area (Å²) in [5.74, 6) is -4.35. The predicted octanol–water partition coefficient (Wildman–Crippen LogP) is 0.911. The van der Waals surface area contributed by atoms with Crippen molar-refractivity contribution in [3.63, 3.8) is 0 Å². The Balaban J connectivity index is 2.91. The molecule has 1 fully saturated rings. The maximum absolute atomic E-state index is 12.9. The van der Waals surface area contributed by atoms with E-state index in [1.54, 1.807) is 0 Å². The number of halogens is 2. The summed E-state index contributed by atoms with van der Waals surface area (Å²) in [5.41, 5.74) is 0. The molecule has 17 heavy (non-hydrogen) atoms. The number of nitrogens with zero attached hydrogens (tertiary/aromatic N) is 1. The van der Waals surface area contributed by atoms with Gasteiger partial charge in [0.25, 0.3) is 5.92 Å². The van der Waals surface area contributed by atoms with Crippen molar-refractivity contribution in [3.05, 3.63) is 0 Å². The van der Waals surface area contributed by atoms with Gasteiger partial charge in [0.15, 0.2) is 4.75 Å². The Bertz CT molecular complexity index is 409. The molecule has 0 atom stereocenters. The minimum atomic E-state index is -4.11. The van der Waals surface area contributed by atoms with Gasteiger partial charge in [0, 0.05) is 25.9 Å². The highest BCUT2D eigenvalue weighted by molar-refractivity contribution is 7.91. The molecular formula is C9H15F2NO4S. The van der Waals surface area contributed by atoms with Crippen molar-refractivity contribution < 1.29 is 27.1 Å². The fourth-order valence-electron chi connectivity index (χ4n) is 1.49.